The van der Waals surface area contributed by atoms with Gasteiger partial charge in [-0.25, -0.2) is 4.79 Å². The lowest BCUT2D eigenvalue weighted by atomic mass is 10.0. The van der Waals surface area contributed by atoms with Crippen LogP contribution in [0.4, 0.5) is 4.79 Å². The Kier molecular flexibility index (Phi) is 3.90. The third-order valence-electron chi connectivity index (χ3n) is 2.72. The number of carbonyl (C=O) groups excluding carboxylic acids is 1. The van der Waals surface area contributed by atoms with Crippen LogP contribution in [0.3, 0.4) is 0 Å². The first-order chi connectivity index (χ1) is 7.06. The molecule has 1 heterocycles. The molecule has 1 rings (SSSR count). The number of aliphatic hydroxyl groups is 1. The maximum Gasteiger partial charge on any atom is 0.323 e. The minimum absolute atomic E-state index is 0.0817. The molecule has 6 heteroatoms. The van der Waals surface area contributed by atoms with Crippen molar-refractivity contribution < 1.29 is 19.8 Å². The molecule has 0 aromatic carbocycles. The predicted molar refractivity (Wildman–Crippen MR) is 52.4 cm³/mol. The third kappa shape index (κ3) is 2.82. The van der Waals surface area contributed by atoms with E-state index in [1.165, 1.54) is 4.90 Å². The highest BCUT2D eigenvalue weighted by Gasteiger charge is 2.33. The van der Waals surface area contributed by atoms with Crippen molar-refractivity contribution in [3.05, 3.63) is 0 Å². The monoisotopic (exact) mass is 216 g/mol. The first-order valence-corrected chi connectivity index (χ1v) is 4.93. The molecule has 2 amide bonds. The number of rotatable bonds is 3. The van der Waals surface area contributed by atoms with Crippen molar-refractivity contribution in [2.24, 2.45) is 5.92 Å². The Hall–Kier alpha value is -1.30. The summed E-state index contributed by atoms with van der Waals surface area (Å²) in [4.78, 5) is 23.3. The minimum Gasteiger partial charge on any atom is -0.480 e. The van der Waals surface area contributed by atoms with Gasteiger partial charge in [-0.1, -0.05) is 6.92 Å². The third-order valence-corrected chi connectivity index (χ3v) is 2.72. The molecule has 1 saturated heterocycles. The second kappa shape index (κ2) is 4.97. The summed E-state index contributed by atoms with van der Waals surface area (Å²) in [5, 5.41) is 19.8. The lowest BCUT2D eigenvalue weighted by molar-refractivity contribution is -0.135. The van der Waals surface area contributed by atoms with Crippen LogP contribution in [0.2, 0.25) is 0 Å². The Labute approximate surface area is 87.9 Å². The molecule has 3 N–H and O–H groups in total. The Morgan fingerprint density at radius 1 is 1.53 bits per heavy atom. The number of carboxylic acid groups (broad SMARTS) is 1. The molecule has 6 nitrogen and oxygen atoms in total. The van der Waals surface area contributed by atoms with Crippen LogP contribution < -0.4 is 5.32 Å². The zero-order chi connectivity index (χ0) is 11.4. The van der Waals surface area contributed by atoms with Crippen LogP contribution in [-0.4, -0.2) is 52.9 Å². The number of likely N-dealkylation sites (tertiary alicyclic amines) is 1. The first-order valence-electron chi connectivity index (χ1n) is 4.93. The van der Waals surface area contributed by atoms with Crippen LogP contribution in [0.5, 0.6) is 0 Å². The highest BCUT2D eigenvalue weighted by molar-refractivity contribution is 5.80. The number of carbonyl (C=O) groups is 2. The number of carboxylic acids is 1. The van der Waals surface area contributed by atoms with Crippen LogP contribution >= 0.6 is 0 Å². The van der Waals surface area contributed by atoms with Gasteiger partial charge in [0.05, 0.1) is 12.6 Å². The van der Waals surface area contributed by atoms with Gasteiger partial charge in [0.15, 0.2) is 0 Å². The van der Waals surface area contributed by atoms with Crippen LogP contribution in [0, 0.1) is 5.92 Å². The topological polar surface area (TPSA) is 89.9 Å². The van der Waals surface area contributed by atoms with Gasteiger partial charge in [0, 0.05) is 6.54 Å². The molecule has 0 aromatic heterocycles. The molecular formula is C9H16N2O4. The van der Waals surface area contributed by atoms with E-state index in [-0.39, 0.29) is 25.1 Å². The molecule has 0 aliphatic carbocycles. The number of hydrogen-bond donors (Lipinski definition) is 3. The standard InChI is InChI=1S/C9H16N2O4/c1-6-2-3-11(7(6)5-12)9(15)10-4-8(13)14/h6-7,12H,2-5H2,1H3,(H,10,15)(H,13,14). The van der Waals surface area contributed by atoms with Crippen molar-refractivity contribution in [1.82, 2.24) is 10.2 Å². The second-order valence-electron chi connectivity index (χ2n) is 3.76. The zero-order valence-electron chi connectivity index (χ0n) is 8.64. The van der Waals surface area contributed by atoms with Crippen LogP contribution in [0.1, 0.15) is 13.3 Å². The van der Waals surface area contributed by atoms with Gasteiger partial charge in [0.25, 0.3) is 0 Å². The van der Waals surface area contributed by atoms with Crippen LogP contribution in [-0.2, 0) is 4.79 Å². The van der Waals surface area contributed by atoms with Gasteiger partial charge in [-0.15, -0.1) is 0 Å². The fourth-order valence-electron chi connectivity index (χ4n) is 1.79. The van der Waals surface area contributed by atoms with E-state index in [2.05, 4.69) is 5.32 Å². The summed E-state index contributed by atoms with van der Waals surface area (Å²) in [7, 11) is 0. The quantitative estimate of drug-likeness (QED) is 0.592. The second-order valence-corrected chi connectivity index (χ2v) is 3.76. The number of nitrogens with one attached hydrogen (secondary N) is 1. The smallest absolute Gasteiger partial charge is 0.323 e. The molecule has 86 valence electrons. The van der Waals surface area contributed by atoms with Crippen LogP contribution in [0.15, 0.2) is 0 Å². The first kappa shape index (κ1) is 11.8. The molecule has 2 atom stereocenters. The van der Waals surface area contributed by atoms with E-state index in [1.54, 1.807) is 0 Å². The van der Waals surface area contributed by atoms with Gasteiger partial charge >= 0.3 is 12.0 Å². The van der Waals surface area contributed by atoms with E-state index in [0.29, 0.717) is 6.54 Å². The molecule has 2 unspecified atom stereocenters. The molecule has 0 saturated carbocycles. The highest BCUT2D eigenvalue weighted by Crippen LogP contribution is 2.23. The van der Waals surface area contributed by atoms with Gasteiger partial charge in [0.1, 0.15) is 6.54 Å². The lowest BCUT2D eigenvalue weighted by Crippen LogP contribution is -2.46. The minimum atomic E-state index is -1.07. The number of aliphatic hydroxyl groups excluding tert-OH is 1. The van der Waals surface area contributed by atoms with Gasteiger partial charge < -0.3 is 20.4 Å². The molecule has 0 radical (unpaired) electrons. The molecule has 15 heavy (non-hydrogen) atoms. The summed E-state index contributed by atoms with van der Waals surface area (Å²) in [6.07, 6.45) is 0.839. The zero-order valence-corrected chi connectivity index (χ0v) is 8.64. The number of hydrogen-bond acceptors (Lipinski definition) is 3. The molecule has 1 aliphatic heterocycles. The van der Waals surface area contributed by atoms with Gasteiger partial charge in [0.2, 0.25) is 0 Å². The van der Waals surface area contributed by atoms with Gasteiger partial charge in [-0.3, -0.25) is 4.79 Å². The summed E-state index contributed by atoms with van der Waals surface area (Å²) in [5.41, 5.74) is 0. The van der Waals surface area contributed by atoms with Crippen molar-refractivity contribution in [2.75, 3.05) is 19.7 Å². The number of amides is 2. The van der Waals surface area contributed by atoms with E-state index in [4.69, 9.17) is 10.2 Å². The summed E-state index contributed by atoms with van der Waals surface area (Å²) in [5.74, 6) is -0.818. The normalized spacial score (nSPS) is 25.3. The summed E-state index contributed by atoms with van der Waals surface area (Å²) in [6.45, 7) is 2.06. The molecule has 0 aromatic rings. The van der Waals surface area contributed by atoms with Crippen molar-refractivity contribution in [2.45, 2.75) is 19.4 Å². The lowest BCUT2D eigenvalue weighted by Gasteiger charge is -2.24. The summed E-state index contributed by atoms with van der Waals surface area (Å²) in [6, 6.07) is -0.611. The Morgan fingerprint density at radius 3 is 2.73 bits per heavy atom. The van der Waals surface area contributed by atoms with Crippen molar-refractivity contribution in [1.29, 1.82) is 0 Å². The fraction of sp³-hybridized carbons (Fsp3) is 0.778. The molecular weight excluding hydrogens is 200 g/mol. The number of nitrogens with zero attached hydrogens (tertiary/aromatic N) is 1. The Bertz CT molecular complexity index is 256. The Morgan fingerprint density at radius 2 is 2.20 bits per heavy atom. The van der Waals surface area contributed by atoms with E-state index < -0.39 is 12.0 Å². The van der Waals surface area contributed by atoms with Crippen molar-refractivity contribution >= 4 is 12.0 Å². The molecule has 0 bridgehead atoms. The molecule has 1 fully saturated rings. The summed E-state index contributed by atoms with van der Waals surface area (Å²) < 4.78 is 0. The van der Waals surface area contributed by atoms with E-state index >= 15 is 0 Å². The van der Waals surface area contributed by atoms with Crippen molar-refractivity contribution in [3.63, 3.8) is 0 Å². The van der Waals surface area contributed by atoms with E-state index in [9.17, 15) is 9.59 Å². The maximum atomic E-state index is 11.5. The largest absolute Gasteiger partial charge is 0.480 e. The average Bonchev–Trinajstić information content (AvgIpc) is 2.55. The summed E-state index contributed by atoms with van der Waals surface area (Å²) >= 11 is 0. The van der Waals surface area contributed by atoms with Crippen molar-refractivity contribution in [3.8, 4) is 0 Å². The highest BCUT2D eigenvalue weighted by atomic mass is 16.4. The molecule has 1 aliphatic rings. The van der Waals surface area contributed by atoms with Gasteiger partial charge in [-0.2, -0.15) is 0 Å². The van der Waals surface area contributed by atoms with E-state index in [0.717, 1.165) is 6.42 Å². The predicted octanol–water partition coefficient (Wildman–Crippen LogP) is -0.517. The van der Waals surface area contributed by atoms with E-state index in [1.807, 2.05) is 6.92 Å². The van der Waals surface area contributed by atoms with Gasteiger partial charge in [-0.05, 0) is 12.3 Å². The fourth-order valence-corrected chi connectivity index (χ4v) is 1.79. The van der Waals surface area contributed by atoms with Crippen LogP contribution in [0.25, 0.3) is 0 Å². The number of aliphatic carboxylic acids is 1. The number of urea groups is 1. The maximum absolute atomic E-state index is 11.5. The molecule has 0 spiro atoms. The Balaban J connectivity index is 2.48. The SMILES string of the molecule is CC1CCN(C(=O)NCC(=O)O)C1CO. The average molecular weight is 216 g/mol.